The zero-order valence-corrected chi connectivity index (χ0v) is 21.1. The van der Waals surface area contributed by atoms with E-state index in [0.29, 0.717) is 5.92 Å². The molecule has 0 bridgehead atoms. The number of pyridine rings is 1. The van der Waals surface area contributed by atoms with Gasteiger partial charge in [-0.15, -0.1) is 11.3 Å². The first-order valence-electron chi connectivity index (χ1n) is 12.2. The van der Waals surface area contributed by atoms with Crippen LogP contribution >= 0.6 is 11.3 Å². The Kier molecular flexibility index (Phi) is 6.00. The molecule has 33 heavy (non-hydrogen) atoms. The van der Waals surface area contributed by atoms with E-state index in [0.717, 1.165) is 53.5 Å². The Bertz CT molecular complexity index is 1260. The van der Waals surface area contributed by atoms with Crippen molar-refractivity contribution in [2.24, 2.45) is 10.2 Å². The minimum atomic E-state index is 0.589. The van der Waals surface area contributed by atoms with E-state index in [1.807, 2.05) is 6.92 Å². The van der Waals surface area contributed by atoms with Crippen LogP contribution in [0.15, 0.2) is 33.8 Å². The molecule has 2 aliphatic rings. The van der Waals surface area contributed by atoms with Gasteiger partial charge in [-0.25, -0.2) is 4.98 Å². The van der Waals surface area contributed by atoms with E-state index in [9.17, 15) is 0 Å². The van der Waals surface area contributed by atoms with E-state index < -0.39 is 0 Å². The molecule has 0 amide bonds. The lowest BCUT2D eigenvalue weighted by Gasteiger charge is -2.22. The highest BCUT2D eigenvalue weighted by atomic mass is 32.1. The molecule has 1 aliphatic carbocycles. The summed E-state index contributed by atoms with van der Waals surface area (Å²) in [6.45, 7) is 11.0. The van der Waals surface area contributed by atoms with Crippen LogP contribution in [0.1, 0.15) is 83.4 Å². The van der Waals surface area contributed by atoms with Crippen LogP contribution in [0.3, 0.4) is 0 Å². The van der Waals surface area contributed by atoms with Gasteiger partial charge in [0.1, 0.15) is 0 Å². The van der Waals surface area contributed by atoms with Crippen molar-refractivity contribution in [3.63, 3.8) is 0 Å². The molecular weight excluding hydrogens is 424 g/mol. The zero-order chi connectivity index (χ0) is 23.1. The van der Waals surface area contributed by atoms with E-state index in [1.54, 1.807) is 11.3 Å². The second-order valence-corrected chi connectivity index (χ2v) is 10.4. The van der Waals surface area contributed by atoms with Gasteiger partial charge in [0.15, 0.2) is 0 Å². The molecule has 170 valence electrons. The van der Waals surface area contributed by atoms with E-state index >= 15 is 0 Å². The van der Waals surface area contributed by atoms with Gasteiger partial charge >= 0.3 is 0 Å². The summed E-state index contributed by atoms with van der Waals surface area (Å²) in [5.41, 5.74) is 13.7. The second kappa shape index (κ2) is 8.94. The normalized spacial score (nSPS) is 15.7. The van der Waals surface area contributed by atoms with Gasteiger partial charge in [0.25, 0.3) is 0 Å². The summed E-state index contributed by atoms with van der Waals surface area (Å²) in [6, 6.07) is 6.78. The number of aryl methyl sites for hydroxylation is 4. The maximum Gasteiger partial charge on any atom is 0.0897 e. The molecule has 1 fully saturated rings. The van der Waals surface area contributed by atoms with Gasteiger partial charge < -0.3 is 0 Å². The highest BCUT2D eigenvalue weighted by Crippen LogP contribution is 2.47. The number of hydrogen-bond acceptors (Lipinski definition) is 5. The van der Waals surface area contributed by atoms with Crippen LogP contribution in [-0.2, 0) is 19.3 Å². The topological polar surface area (TPSA) is 50.5 Å². The highest BCUT2D eigenvalue weighted by Gasteiger charge is 2.33. The number of rotatable bonds is 7. The van der Waals surface area contributed by atoms with Crippen molar-refractivity contribution < 1.29 is 0 Å². The molecule has 1 aromatic carbocycles. The first kappa shape index (κ1) is 22.1. The number of benzene rings is 1. The largest absolute Gasteiger partial charge is 0.257 e. The van der Waals surface area contributed by atoms with Gasteiger partial charge in [-0.1, -0.05) is 32.0 Å². The molecule has 0 unspecified atom stereocenters. The van der Waals surface area contributed by atoms with Crippen LogP contribution in [0.25, 0.3) is 11.1 Å². The molecule has 0 saturated heterocycles. The van der Waals surface area contributed by atoms with Crippen molar-refractivity contribution in [1.29, 1.82) is 0 Å². The molecular formula is C28H32N4S. The third-order valence-electron chi connectivity index (χ3n) is 6.89. The molecule has 0 spiro atoms. The summed E-state index contributed by atoms with van der Waals surface area (Å²) in [6.07, 6.45) is 6.09. The molecule has 1 saturated carbocycles. The summed E-state index contributed by atoms with van der Waals surface area (Å²) in [5, 5.41) is 12.5. The van der Waals surface area contributed by atoms with Crippen molar-refractivity contribution in [2.75, 3.05) is 0 Å². The lowest BCUT2D eigenvalue weighted by Crippen LogP contribution is -2.14. The van der Waals surface area contributed by atoms with Crippen LogP contribution < -0.4 is 0 Å². The number of hydrogen-bond donors (Lipinski definition) is 0. The maximum atomic E-state index is 5.24. The monoisotopic (exact) mass is 456 g/mol. The standard InChI is InChI=1S/C28H32N4S/c1-6-19-9-8-10-20(7-2)27(19)26-16(3)25(17(4)29-28(26)21-11-12-21)24-14-22(31-32-24)13-23-15-33-18(5)30-23/h8-10,15,21H,6-7,11-14H2,1-5H3. The van der Waals surface area contributed by atoms with Gasteiger partial charge in [0.2, 0.25) is 0 Å². The van der Waals surface area contributed by atoms with E-state index in [4.69, 9.17) is 4.98 Å². The Morgan fingerprint density at radius 2 is 1.64 bits per heavy atom. The van der Waals surface area contributed by atoms with Crippen LogP contribution in [0.2, 0.25) is 0 Å². The third kappa shape index (κ3) is 4.19. The molecule has 5 heteroatoms. The highest BCUT2D eigenvalue weighted by molar-refractivity contribution is 7.09. The summed E-state index contributed by atoms with van der Waals surface area (Å²) >= 11 is 1.69. The molecule has 5 rings (SSSR count). The zero-order valence-electron chi connectivity index (χ0n) is 20.3. The number of thiazole rings is 1. The molecule has 4 nitrogen and oxygen atoms in total. The summed E-state index contributed by atoms with van der Waals surface area (Å²) < 4.78 is 0. The number of aromatic nitrogens is 2. The Labute approximate surface area is 200 Å². The fourth-order valence-electron chi connectivity index (χ4n) is 5.17. The Balaban J connectivity index is 1.58. The summed E-state index contributed by atoms with van der Waals surface area (Å²) in [7, 11) is 0. The van der Waals surface area contributed by atoms with Gasteiger partial charge in [-0.3, -0.25) is 4.98 Å². The lowest BCUT2D eigenvalue weighted by molar-refractivity contribution is 0.977. The Morgan fingerprint density at radius 1 is 0.909 bits per heavy atom. The summed E-state index contributed by atoms with van der Waals surface area (Å²) in [4.78, 5) is 9.85. The molecule has 3 aromatic rings. The van der Waals surface area contributed by atoms with Crippen molar-refractivity contribution in [3.05, 3.63) is 67.9 Å². The first-order chi connectivity index (χ1) is 16.0. The van der Waals surface area contributed by atoms with Crippen LogP contribution in [0, 0.1) is 20.8 Å². The molecule has 1 aliphatic heterocycles. The van der Waals surface area contributed by atoms with Crippen molar-refractivity contribution in [3.8, 4) is 11.1 Å². The van der Waals surface area contributed by atoms with Gasteiger partial charge in [-0.05, 0) is 68.7 Å². The van der Waals surface area contributed by atoms with Crippen LogP contribution in [0.5, 0.6) is 0 Å². The van der Waals surface area contributed by atoms with Crippen LogP contribution in [-0.4, -0.2) is 21.4 Å². The average molecular weight is 457 g/mol. The third-order valence-corrected chi connectivity index (χ3v) is 7.72. The van der Waals surface area contributed by atoms with Gasteiger partial charge in [0.05, 0.1) is 27.8 Å². The van der Waals surface area contributed by atoms with Crippen molar-refractivity contribution in [1.82, 2.24) is 9.97 Å². The minimum Gasteiger partial charge on any atom is -0.257 e. The predicted octanol–water partition coefficient (Wildman–Crippen LogP) is 6.92. The molecule has 3 heterocycles. The SMILES string of the molecule is CCc1cccc(CC)c1-c1c(C2CC2)nc(C)c(C2=NN=C(Cc3csc(C)n3)C2)c1C. The van der Waals surface area contributed by atoms with Crippen LogP contribution in [0.4, 0.5) is 0 Å². The molecule has 0 radical (unpaired) electrons. The molecule has 0 N–H and O–H groups in total. The molecule has 2 aromatic heterocycles. The number of nitrogens with zero attached hydrogens (tertiary/aromatic N) is 4. The predicted molar refractivity (Wildman–Crippen MR) is 139 cm³/mol. The lowest BCUT2D eigenvalue weighted by atomic mass is 9.84. The fraction of sp³-hybridized carbons (Fsp3) is 0.429. The Hall–Kier alpha value is -2.66. The maximum absolute atomic E-state index is 5.24. The van der Waals surface area contributed by atoms with E-state index in [-0.39, 0.29) is 0 Å². The second-order valence-electron chi connectivity index (χ2n) is 9.31. The van der Waals surface area contributed by atoms with E-state index in [1.165, 1.54) is 51.9 Å². The van der Waals surface area contributed by atoms with Crippen molar-refractivity contribution in [2.45, 2.75) is 79.1 Å². The summed E-state index contributed by atoms with van der Waals surface area (Å²) in [5.74, 6) is 0.589. The Morgan fingerprint density at radius 3 is 2.24 bits per heavy atom. The van der Waals surface area contributed by atoms with E-state index in [2.05, 4.69) is 66.5 Å². The quantitative estimate of drug-likeness (QED) is 0.387. The van der Waals surface area contributed by atoms with Gasteiger partial charge in [-0.2, -0.15) is 10.2 Å². The average Bonchev–Trinajstić information content (AvgIpc) is 3.43. The first-order valence-corrected chi connectivity index (χ1v) is 13.0. The fourth-order valence-corrected chi connectivity index (χ4v) is 5.78. The minimum absolute atomic E-state index is 0.589. The van der Waals surface area contributed by atoms with Crippen molar-refractivity contribution >= 4 is 22.8 Å². The molecule has 0 atom stereocenters. The smallest absolute Gasteiger partial charge is 0.0897 e. The van der Waals surface area contributed by atoms with Gasteiger partial charge in [0, 0.05) is 41.0 Å².